The summed E-state index contributed by atoms with van der Waals surface area (Å²) in [6.45, 7) is 9.61. The molecule has 3 unspecified atom stereocenters. The number of amides is 1. The third-order valence-electron chi connectivity index (χ3n) is 9.57. The van der Waals surface area contributed by atoms with Gasteiger partial charge < -0.3 is 10.2 Å². The van der Waals surface area contributed by atoms with E-state index < -0.39 is 0 Å². The lowest BCUT2D eigenvalue weighted by molar-refractivity contribution is -0.125. The van der Waals surface area contributed by atoms with E-state index in [0.717, 1.165) is 26.1 Å². The first kappa shape index (κ1) is 25.5. The van der Waals surface area contributed by atoms with Crippen LogP contribution >= 0.6 is 0 Å². The molecule has 4 nitrogen and oxygen atoms in total. The van der Waals surface area contributed by atoms with Crippen molar-refractivity contribution in [2.75, 3.05) is 32.7 Å². The molecule has 2 aromatic carbocycles. The SMILES string of the molecule is CCN(CC)CCC(=O)NC1CC2(N3CCCCC3)CC(c3ccccc3)C1C(c1ccccc1)C2. The number of benzene rings is 2. The Morgan fingerprint density at radius 2 is 1.42 bits per heavy atom. The van der Waals surface area contributed by atoms with Gasteiger partial charge in [0, 0.05) is 24.5 Å². The van der Waals surface area contributed by atoms with E-state index >= 15 is 0 Å². The van der Waals surface area contributed by atoms with E-state index in [1.807, 2.05) is 0 Å². The maximum Gasteiger partial charge on any atom is 0.221 e. The van der Waals surface area contributed by atoms with Gasteiger partial charge in [0.1, 0.15) is 0 Å². The minimum Gasteiger partial charge on any atom is -0.353 e. The molecule has 0 aromatic heterocycles. The molecule has 0 spiro atoms. The zero-order valence-corrected chi connectivity index (χ0v) is 22.4. The van der Waals surface area contributed by atoms with E-state index in [9.17, 15) is 4.79 Å². The van der Waals surface area contributed by atoms with E-state index in [1.54, 1.807) is 0 Å². The number of hydrogen-bond acceptors (Lipinski definition) is 3. The van der Waals surface area contributed by atoms with Gasteiger partial charge in [-0.1, -0.05) is 80.9 Å². The molecule has 1 heterocycles. The van der Waals surface area contributed by atoms with Crippen LogP contribution in [-0.4, -0.2) is 60.0 Å². The van der Waals surface area contributed by atoms with Crippen LogP contribution in [0, 0.1) is 5.92 Å². The summed E-state index contributed by atoms with van der Waals surface area (Å²) >= 11 is 0. The van der Waals surface area contributed by atoms with Crippen LogP contribution in [0.4, 0.5) is 0 Å². The first-order valence-corrected chi connectivity index (χ1v) is 14.5. The largest absolute Gasteiger partial charge is 0.353 e. The Morgan fingerprint density at radius 1 is 0.861 bits per heavy atom. The third-order valence-corrected chi connectivity index (χ3v) is 9.57. The molecule has 4 fully saturated rings. The number of hydrogen-bond donors (Lipinski definition) is 1. The van der Waals surface area contributed by atoms with Crippen LogP contribution in [0.25, 0.3) is 0 Å². The van der Waals surface area contributed by atoms with Crippen LogP contribution in [0.2, 0.25) is 0 Å². The van der Waals surface area contributed by atoms with Crippen LogP contribution in [0.15, 0.2) is 60.7 Å². The van der Waals surface area contributed by atoms with Gasteiger partial charge in [0.15, 0.2) is 0 Å². The summed E-state index contributed by atoms with van der Waals surface area (Å²) < 4.78 is 0. The fraction of sp³-hybridized carbons (Fsp3) is 0.594. The first-order valence-electron chi connectivity index (χ1n) is 14.5. The molecular formula is C32H45N3O. The van der Waals surface area contributed by atoms with Crippen LogP contribution < -0.4 is 5.32 Å². The molecule has 2 aromatic rings. The Labute approximate surface area is 218 Å². The quantitative estimate of drug-likeness (QED) is 0.485. The fourth-order valence-electron chi connectivity index (χ4n) is 7.79. The second-order valence-corrected chi connectivity index (χ2v) is 11.4. The van der Waals surface area contributed by atoms with Gasteiger partial charge in [0.2, 0.25) is 5.91 Å². The van der Waals surface area contributed by atoms with Gasteiger partial charge in [0.25, 0.3) is 0 Å². The van der Waals surface area contributed by atoms with Crippen molar-refractivity contribution in [2.24, 2.45) is 5.92 Å². The Morgan fingerprint density at radius 3 is 1.94 bits per heavy atom. The van der Waals surface area contributed by atoms with Gasteiger partial charge in [-0.3, -0.25) is 9.69 Å². The van der Waals surface area contributed by atoms with E-state index in [-0.39, 0.29) is 17.5 Å². The van der Waals surface area contributed by atoms with Crippen LogP contribution in [0.5, 0.6) is 0 Å². The van der Waals surface area contributed by atoms with Gasteiger partial charge >= 0.3 is 0 Å². The van der Waals surface area contributed by atoms with Crippen molar-refractivity contribution in [3.05, 3.63) is 71.8 Å². The molecule has 4 heteroatoms. The Hall–Kier alpha value is -2.17. The van der Waals surface area contributed by atoms with E-state index in [2.05, 4.69) is 89.6 Å². The molecule has 0 radical (unpaired) electrons. The summed E-state index contributed by atoms with van der Waals surface area (Å²) in [5.74, 6) is 1.59. The topological polar surface area (TPSA) is 35.6 Å². The minimum atomic E-state index is 0.160. The molecule has 3 saturated carbocycles. The molecule has 1 aliphatic heterocycles. The molecule has 2 bridgehead atoms. The summed E-state index contributed by atoms with van der Waals surface area (Å²) in [5.41, 5.74) is 3.06. The van der Waals surface area contributed by atoms with Crippen molar-refractivity contribution in [3.8, 4) is 0 Å². The third kappa shape index (κ3) is 5.26. The minimum absolute atomic E-state index is 0.160. The Bertz CT molecular complexity index is 918. The summed E-state index contributed by atoms with van der Waals surface area (Å²) in [6, 6.07) is 22.6. The number of carbonyl (C=O) groups is 1. The summed E-state index contributed by atoms with van der Waals surface area (Å²) in [5, 5.41) is 3.62. The highest BCUT2D eigenvalue weighted by atomic mass is 16.1. The molecule has 194 valence electrons. The zero-order valence-electron chi connectivity index (χ0n) is 22.4. The Balaban J connectivity index is 1.49. The Kier molecular flexibility index (Phi) is 8.12. The summed E-state index contributed by atoms with van der Waals surface area (Å²) in [6.07, 6.45) is 8.09. The molecule has 3 aliphatic carbocycles. The lowest BCUT2D eigenvalue weighted by Crippen LogP contribution is -2.66. The predicted octanol–water partition coefficient (Wildman–Crippen LogP) is 5.81. The smallest absolute Gasteiger partial charge is 0.221 e. The zero-order chi connectivity index (χ0) is 25.0. The maximum atomic E-state index is 13.3. The normalized spacial score (nSPS) is 30.4. The number of rotatable bonds is 9. The van der Waals surface area contributed by atoms with Crippen molar-refractivity contribution in [1.82, 2.24) is 15.1 Å². The molecular weight excluding hydrogens is 442 g/mol. The van der Waals surface area contributed by atoms with Crippen LogP contribution in [0.1, 0.15) is 81.8 Å². The number of likely N-dealkylation sites (tertiary alicyclic amines) is 1. The number of carbonyl (C=O) groups excluding carboxylic acids is 1. The van der Waals surface area contributed by atoms with Crippen molar-refractivity contribution in [2.45, 2.75) is 82.2 Å². The fourth-order valence-corrected chi connectivity index (χ4v) is 7.79. The molecule has 1 saturated heterocycles. The van der Waals surface area contributed by atoms with Crippen LogP contribution in [-0.2, 0) is 4.79 Å². The number of fused-ring (bicyclic) bond motifs is 3. The second kappa shape index (κ2) is 11.5. The highest BCUT2D eigenvalue weighted by molar-refractivity contribution is 5.76. The van der Waals surface area contributed by atoms with Crippen molar-refractivity contribution in [1.29, 1.82) is 0 Å². The monoisotopic (exact) mass is 487 g/mol. The molecule has 1 amide bonds. The molecule has 4 aliphatic rings. The number of piperidine rings is 1. The van der Waals surface area contributed by atoms with Gasteiger partial charge in [0.05, 0.1) is 0 Å². The summed E-state index contributed by atoms with van der Waals surface area (Å²) in [4.78, 5) is 18.5. The molecule has 6 rings (SSSR count). The standard InChI is InChI=1S/C32H45N3O/c1-3-34(4-2)21-18-30(36)33-29-24-32(35-19-12-7-13-20-35)22-27(25-14-8-5-9-15-25)31(29)28(23-32)26-16-10-6-11-17-26/h5-6,8-11,14-17,27-29,31H,3-4,7,12-13,18-24H2,1-2H3,(H,33,36). The number of nitrogens with zero attached hydrogens (tertiary/aromatic N) is 2. The van der Waals surface area contributed by atoms with Gasteiger partial charge in [-0.15, -0.1) is 0 Å². The summed E-state index contributed by atoms with van der Waals surface area (Å²) in [7, 11) is 0. The average Bonchev–Trinajstić information content (AvgIpc) is 2.95. The second-order valence-electron chi connectivity index (χ2n) is 11.4. The highest BCUT2D eigenvalue weighted by Crippen LogP contribution is 2.60. The lowest BCUT2D eigenvalue weighted by Gasteiger charge is -2.62. The van der Waals surface area contributed by atoms with Crippen molar-refractivity contribution < 1.29 is 4.79 Å². The van der Waals surface area contributed by atoms with E-state index in [1.165, 1.54) is 56.3 Å². The van der Waals surface area contributed by atoms with E-state index in [0.29, 0.717) is 24.2 Å². The predicted molar refractivity (Wildman–Crippen MR) is 148 cm³/mol. The molecule has 36 heavy (non-hydrogen) atoms. The lowest BCUT2D eigenvalue weighted by atomic mass is 9.51. The van der Waals surface area contributed by atoms with Crippen molar-refractivity contribution >= 4 is 5.91 Å². The van der Waals surface area contributed by atoms with Crippen molar-refractivity contribution in [3.63, 3.8) is 0 Å². The van der Waals surface area contributed by atoms with Crippen LogP contribution in [0.3, 0.4) is 0 Å². The molecule has 3 atom stereocenters. The van der Waals surface area contributed by atoms with E-state index in [4.69, 9.17) is 0 Å². The first-order chi connectivity index (χ1) is 17.6. The number of nitrogens with one attached hydrogen (secondary N) is 1. The van der Waals surface area contributed by atoms with Gasteiger partial charge in [-0.05, 0) is 87.2 Å². The highest BCUT2D eigenvalue weighted by Gasteiger charge is 2.58. The average molecular weight is 488 g/mol. The molecule has 1 N–H and O–H groups in total. The van der Waals surface area contributed by atoms with Gasteiger partial charge in [-0.2, -0.15) is 0 Å². The van der Waals surface area contributed by atoms with Gasteiger partial charge in [-0.25, -0.2) is 0 Å². The maximum absolute atomic E-state index is 13.3.